The molecule has 0 aromatic heterocycles. The van der Waals surface area contributed by atoms with Gasteiger partial charge in [-0.2, -0.15) is 0 Å². The second kappa shape index (κ2) is 5.49. The van der Waals surface area contributed by atoms with Gasteiger partial charge in [0.05, 0.1) is 6.54 Å². The maximum atomic E-state index is 12.4. The zero-order valence-corrected chi connectivity index (χ0v) is 11.9. The highest BCUT2D eigenvalue weighted by molar-refractivity contribution is 5.82. The Kier molecular flexibility index (Phi) is 4.13. The molecule has 1 amide bonds. The van der Waals surface area contributed by atoms with E-state index in [1.165, 1.54) is 6.42 Å². The van der Waals surface area contributed by atoms with Gasteiger partial charge in [0.15, 0.2) is 0 Å². The van der Waals surface area contributed by atoms with Crippen LogP contribution in [0.2, 0.25) is 0 Å². The van der Waals surface area contributed by atoms with Crippen molar-refractivity contribution in [3.63, 3.8) is 0 Å². The van der Waals surface area contributed by atoms with Crippen molar-refractivity contribution in [3.8, 4) is 0 Å². The summed E-state index contributed by atoms with van der Waals surface area (Å²) in [6, 6.07) is 0.292. The summed E-state index contributed by atoms with van der Waals surface area (Å²) in [6.45, 7) is 5.58. The minimum Gasteiger partial charge on any atom is -0.480 e. The number of carbonyl (C=O) groups is 2. The fraction of sp³-hybridized carbons (Fsp3) is 0.857. The van der Waals surface area contributed by atoms with Gasteiger partial charge in [-0.1, -0.05) is 0 Å². The normalized spacial score (nSPS) is 32.5. The van der Waals surface area contributed by atoms with Gasteiger partial charge in [0.1, 0.15) is 5.54 Å². The van der Waals surface area contributed by atoms with E-state index in [9.17, 15) is 14.7 Å². The predicted octanol–water partition coefficient (Wildman–Crippen LogP) is 1.33. The van der Waals surface area contributed by atoms with Gasteiger partial charge in [-0.15, -0.1) is 0 Å². The molecule has 0 aromatic carbocycles. The molecule has 2 unspecified atom stereocenters. The lowest BCUT2D eigenvalue weighted by Gasteiger charge is -2.37. The molecule has 0 aliphatic carbocycles. The first kappa shape index (κ1) is 14.3. The summed E-state index contributed by atoms with van der Waals surface area (Å²) in [5.74, 6) is -0.730. The van der Waals surface area contributed by atoms with Crippen LogP contribution in [0.5, 0.6) is 0 Å². The van der Waals surface area contributed by atoms with Crippen LogP contribution in [-0.2, 0) is 9.59 Å². The van der Waals surface area contributed by atoms with Crippen LogP contribution in [0.1, 0.15) is 46.0 Å². The van der Waals surface area contributed by atoms with Crippen molar-refractivity contribution < 1.29 is 14.7 Å². The maximum absolute atomic E-state index is 12.4. The molecule has 0 bridgehead atoms. The Morgan fingerprint density at radius 1 is 1.26 bits per heavy atom. The van der Waals surface area contributed by atoms with Crippen molar-refractivity contribution in [2.24, 2.45) is 0 Å². The Morgan fingerprint density at radius 3 is 2.63 bits per heavy atom. The van der Waals surface area contributed by atoms with Gasteiger partial charge in [0, 0.05) is 12.6 Å². The lowest BCUT2D eigenvalue weighted by molar-refractivity contribution is -0.150. The number of carboxylic acids is 1. The molecule has 0 saturated carbocycles. The standard InChI is InChI=1S/C14H24N2O3/c1-11-6-3-4-9-16(11)12(17)10-15-8-5-7-14(15,2)13(18)19/h11H,3-10H2,1-2H3,(H,18,19). The predicted molar refractivity (Wildman–Crippen MR) is 71.9 cm³/mol. The monoisotopic (exact) mass is 268 g/mol. The van der Waals surface area contributed by atoms with Crippen molar-refractivity contribution in [3.05, 3.63) is 0 Å². The highest BCUT2D eigenvalue weighted by Crippen LogP contribution is 2.29. The third kappa shape index (κ3) is 2.76. The lowest BCUT2D eigenvalue weighted by atomic mass is 9.99. The molecule has 2 aliphatic rings. The molecule has 2 rings (SSSR count). The molecule has 108 valence electrons. The lowest BCUT2D eigenvalue weighted by Crippen LogP contribution is -2.53. The molecular formula is C14H24N2O3. The van der Waals surface area contributed by atoms with Gasteiger partial charge in [0.25, 0.3) is 0 Å². The molecule has 2 saturated heterocycles. The van der Waals surface area contributed by atoms with E-state index in [-0.39, 0.29) is 12.5 Å². The van der Waals surface area contributed by atoms with Crippen LogP contribution in [0.4, 0.5) is 0 Å². The van der Waals surface area contributed by atoms with Crippen LogP contribution >= 0.6 is 0 Å². The fourth-order valence-corrected chi connectivity index (χ4v) is 3.24. The third-order valence-electron chi connectivity index (χ3n) is 4.70. The van der Waals surface area contributed by atoms with Gasteiger partial charge in [-0.05, 0) is 52.5 Å². The maximum Gasteiger partial charge on any atom is 0.323 e. The number of rotatable bonds is 3. The minimum atomic E-state index is -0.866. The van der Waals surface area contributed by atoms with Crippen molar-refractivity contribution in [2.45, 2.75) is 57.5 Å². The fourth-order valence-electron chi connectivity index (χ4n) is 3.24. The van der Waals surface area contributed by atoms with Crippen LogP contribution in [0, 0.1) is 0 Å². The molecule has 5 nitrogen and oxygen atoms in total. The number of hydrogen-bond donors (Lipinski definition) is 1. The Labute approximate surface area is 114 Å². The number of nitrogens with zero attached hydrogens (tertiary/aromatic N) is 2. The first-order valence-corrected chi connectivity index (χ1v) is 7.23. The number of carbonyl (C=O) groups excluding carboxylic acids is 1. The molecule has 5 heteroatoms. The Bertz CT molecular complexity index is 372. The number of hydrogen-bond acceptors (Lipinski definition) is 3. The van der Waals surface area contributed by atoms with Gasteiger partial charge in [0.2, 0.25) is 5.91 Å². The minimum absolute atomic E-state index is 0.0848. The zero-order valence-electron chi connectivity index (χ0n) is 11.9. The number of likely N-dealkylation sites (tertiary alicyclic amines) is 2. The van der Waals surface area contributed by atoms with E-state index < -0.39 is 11.5 Å². The molecule has 0 spiro atoms. The van der Waals surface area contributed by atoms with E-state index in [1.54, 1.807) is 6.92 Å². The average molecular weight is 268 g/mol. The number of carboxylic acid groups (broad SMARTS) is 1. The quantitative estimate of drug-likeness (QED) is 0.839. The molecule has 0 aromatic rings. The van der Waals surface area contributed by atoms with Crippen LogP contribution < -0.4 is 0 Å². The van der Waals surface area contributed by atoms with Crippen molar-refractivity contribution >= 4 is 11.9 Å². The van der Waals surface area contributed by atoms with Gasteiger partial charge < -0.3 is 10.0 Å². The molecule has 2 atom stereocenters. The van der Waals surface area contributed by atoms with E-state index in [4.69, 9.17) is 0 Å². The molecule has 2 heterocycles. The van der Waals surface area contributed by atoms with Crippen LogP contribution in [0.3, 0.4) is 0 Å². The summed E-state index contributed by atoms with van der Waals surface area (Å²) in [5, 5.41) is 9.35. The first-order valence-electron chi connectivity index (χ1n) is 7.23. The van der Waals surface area contributed by atoms with E-state index in [2.05, 4.69) is 6.92 Å². The number of piperidine rings is 1. The second-order valence-electron chi connectivity index (χ2n) is 6.04. The Morgan fingerprint density at radius 2 is 2.00 bits per heavy atom. The summed E-state index contributed by atoms with van der Waals surface area (Å²) < 4.78 is 0. The van der Waals surface area contributed by atoms with Crippen molar-refractivity contribution in [1.82, 2.24) is 9.80 Å². The van der Waals surface area contributed by atoms with Gasteiger partial charge >= 0.3 is 5.97 Å². The van der Waals surface area contributed by atoms with Crippen LogP contribution in [-0.4, -0.2) is 58.0 Å². The summed E-state index contributed by atoms with van der Waals surface area (Å²) in [5.41, 5.74) is -0.866. The summed E-state index contributed by atoms with van der Waals surface area (Å²) in [7, 11) is 0. The molecule has 19 heavy (non-hydrogen) atoms. The van der Waals surface area contributed by atoms with E-state index in [1.807, 2.05) is 9.80 Å². The Hall–Kier alpha value is -1.10. The molecule has 0 radical (unpaired) electrons. The SMILES string of the molecule is CC1CCCCN1C(=O)CN1CCCC1(C)C(=O)O. The average Bonchev–Trinajstić information content (AvgIpc) is 2.73. The van der Waals surface area contributed by atoms with Crippen molar-refractivity contribution in [2.75, 3.05) is 19.6 Å². The van der Waals surface area contributed by atoms with Crippen LogP contribution in [0.25, 0.3) is 0 Å². The third-order valence-corrected chi connectivity index (χ3v) is 4.70. The van der Waals surface area contributed by atoms with E-state index >= 15 is 0 Å². The second-order valence-corrected chi connectivity index (χ2v) is 6.04. The highest BCUT2D eigenvalue weighted by Gasteiger charge is 2.44. The van der Waals surface area contributed by atoms with Gasteiger partial charge in [-0.3, -0.25) is 14.5 Å². The van der Waals surface area contributed by atoms with Crippen molar-refractivity contribution in [1.29, 1.82) is 0 Å². The zero-order chi connectivity index (χ0) is 14.0. The first-order chi connectivity index (χ1) is 8.95. The van der Waals surface area contributed by atoms with Gasteiger partial charge in [-0.25, -0.2) is 0 Å². The summed E-state index contributed by atoms with van der Waals surface area (Å²) in [4.78, 5) is 27.5. The molecule has 2 aliphatic heterocycles. The summed E-state index contributed by atoms with van der Waals surface area (Å²) >= 11 is 0. The van der Waals surface area contributed by atoms with Crippen LogP contribution in [0.15, 0.2) is 0 Å². The number of aliphatic carboxylic acids is 1. The summed E-state index contributed by atoms with van der Waals surface area (Å²) in [6.07, 6.45) is 4.78. The molecule has 2 fully saturated rings. The largest absolute Gasteiger partial charge is 0.480 e. The molecule has 1 N–H and O–H groups in total. The van der Waals surface area contributed by atoms with E-state index in [0.717, 1.165) is 25.8 Å². The highest BCUT2D eigenvalue weighted by atomic mass is 16.4. The number of amides is 1. The van der Waals surface area contributed by atoms with E-state index in [0.29, 0.717) is 19.0 Å². The Balaban J connectivity index is 2.00. The smallest absolute Gasteiger partial charge is 0.323 e. The molecular weight excluding hydrogens is 244 g/mol. The topological polar surface area (TPSA) is 60.9 Å².